The highest BCUT2D eigenvalue weighted by atomic mass is 16.5. The number of ether oxygens (including phenoxy) is 1. The predicted molar refractivity (Wildman–Crippen MR) is 72.0 cm³/mol. The lowest BCUT2D eigenvalue weighted by atomic mass is 9.90. The lowest BCUT2D eigenvalue weighted by Gasteiger charge is -2.21. The van der Waals surface area contributed by atoms with Gasteiger partial charge in [-0.05, 0) is 31.7 Å². The summed E-state index contributed by atoms with van der Waals surface area (Å²) in [4.78, 5) is 16.7. The van der Waals surface area contributed by atoms with E-state index in [1.807, 2.05) is 37.3 Å². The van der Waals surface area contributed by atoms with Crippen molar-refractivity contribution in [3.05, 3.63) is 35.9 Å². The van der Waals surface area contributed by atoms with Crippen LogP contribution in [-0.2, 0) is 9.53 Å². The second kappa shape index (κ2) is 6.34. The molecule has 0 amide bonds. The van der Waals surface area contributed by atoms with Crippen molar-refractivity contribution in [2.24, 2.45) is 4.99 Å². The van der Waals surface area contributed by atoms with Crippen LogP contribution < -0.4 is 0 Å². The summed E-state index contributed by atoms with van der Waals surface area (Å²) in [6.45, 7) is 3.08. The zero-order valence-corrected chi connectivity index (χ0v) is 10.8. The topological polar surface area (TPSA) is 38.7 Å². The Morgan fingerprint density at radius 3 is 2.72 bits per heavy atom. The number of nitrogens with zero attached hydrogens (tertiary/aromatic N) is 1. The smallest absolute Gasteiger partial charge is 0.319 e. The summed E-state index contributed by atoms with van der Waals surface area (Å²) in [6, 6.07) is 9.79. The lowest BCUT2D eigenvalue weighted by Crippen LogP contribution is -2.26. The SMILES string of the molecule is CCOC(=O)C(C1=NCCCC1)c1ccccc1. The molecule has 1 atom stereocenters. The summed E-state index contributed by atoms with van der Waals surface area (Å²) in [6.07, 6.45) is 3.13. The number of benzene rings is 1. The van der Waals surface area contributed by atoms with Gasteiger partial charge in [-0.15, -0.1) is 0 Å². The van der Waals surface area contributed by atoms with Gasteiger partial charge in [0.1, 0.15) is 5.92 Å². The molecule has 1 aromatic rings. The van der Waals surface area contributed by atoms with Crippen molar-refractivity contribution in [2.45, 2.75) is 32.1 Å². The molecule has 1 aliphatic rings. The van der Waals surface area contributed by atoms with Crippen molar-refractivity contribution in [3.63, 3.8) is 0 Å². The van der Waals surface area contributed by atoms with Gasteiger partial charge in [-0.1, -0.05) is 30.3 Å². The third-order valence-corrected chi connectivity index (χ3v) is 3.14. The van der Waals surface area contributed by atoms with Crippen LogP contribution >= 0.6 is 0 Å². The van der Waals surface area contributed by atoms with Gasteiger partial charge in [0.2, 0.25) is 0 Å². The first-order chi connectivity index (χ1) is 8.83. The Morgan fingerprint density at radius 2 is 2.11 bits per heavy atom. The van der Waals surface area contributed by atoms with Gasteiger partial charge in [-0.3, -0.25) is 9.79 Å². The van der Waals surface area contributed by atoms with Crippen molar-refractivity contribution in [1.29, 1.82) is 0 Å². The van der Waals surface area contributed by atoms with Crippen LogP contribution in [0.25, 0.3) is 0 Å². The molecule has 1 unspecified atom stereocenters. The van der Waals surface area contributed by atoms with Gasteiger partial charge >= 0.3 is 5.97 Å². The summed E-state index contributed by atoms with van der Waals surface area (Å²) >= 11 is 0. The second-order valence-electron chi connectivity index (χ2n) is 4.43. The van der Waals surface area contributed by atoms with Crippen LogP contribution in [0.3, 0.4) is 0 Å². The van der Waals surface area contributed by atoms with E-state index in [1.54, 1.807) is 0 Å². The third-order valence-electron chi connectivity index (χ3n) is 3.14. The van der Waals surface area contributed by atoms with Crippen LogP contribution in [0.5, 0.6) is 0 Å². The Kier molecular flexibility index (Phi) is 4.51. The normalized spacial score (nSPS) is 16.8. The molecule has 0 fully saturated rings. The van der Waals surface area contributed by atoms with E-state index < -0.39 is 0 Å². The Labute approximate surface area is 108 Å². The highest BCUT2D eigenvalue weighted by Crippen LogP contribution is 2.24. The van der Waals surface area contributed by atoms with Gasteiger partial charge in [0, 0.05) is 12.3 Å². The average Bonchev–Trinajstić information content (AvgIpc) is 2.42. The predicted octanol–water partition coefficient (Wildman–Crippen LogP) is 2.96. The monoisotopic (exact) mass is 245 g/mol. The zero-order chi connectivity index (χ0) is 12.8. The molecule has 3 heteroatoms. The van der Waals surface area contributed by atoms with Crippen LogP contribution in [0, 0.1) is 0 Å². The van der Waals surface area contributed by atoms with Crippen LogP contribution in [0.15, 0.2) is 35.3 Å². The van der Waals surface area contributed by atoms with E-state index in [9.17, 15) is 4.79 Å². The first-order valence-electron chi connectivity index (χ1n) is 6.57. The Bertz CT molecular complexity index is 425. The number of esters is 1. The summed E-state index contributed by atoms with van der Waals surface area (Å²) < 4.78 is 5.19. The number of carbonyl (C=O) groups is 1. The standard InChI is InChI=1S/C15H19NO2/c1-2-18-15(17)14(12-8-4-3-5-9-12)13-10-6-7-11-16-13/h3-5,8-9,14H,2,6-7,10-11H2,1H3. The van der Waals surface area contributed by atoms with Gasteiger partial charge in [0.05, 0.1) is 6.61 Å². The van der Waals surface area contributed by atoms with Crippen molar-refractivity contribution in [1.82, 2.24) is 0 Å². The molecule has 0 radical (unpaired) electrons. The maximum atomic E-state index is 12.1. The molecule has 2 rings (SSSR count). The maximum absolute atomic E-state index is 12.1. The van der Waals surface area contributed by atoms with E-state index in [2.05, 4.69) is 4.99 Å². The van der Waals surface area contributed by atoms with Gasteiger partial charge in [-0.2, -0.15) is 0 Å². The van der Waals surface area contributed by atoms with Gasteiger partial charge < -0.3 is 4.74 Å². The molecule has 0 aliphatic carbocycles. The molecule has 0 spiro atoms. The largest absolute Gasteiger partial charge is 0.465 e. The van der Waals surface area contributed by atoms with Crippen molar-refractivity contribution < 1.29 is 9.53 Å². The maximum Gasteiger partial charge on any atom is 0.319 e. The fourth-order valence-electron chi connectivity index (χ4n) is 2.29. The van der Waals surface area contributed by atoms with E-state index in [1.165, 1.54) is 0 Å². The molecule has 0 saturated carbocycles. The Morgan fingerprint density at radius 1 is 1.33 bits per heavy atom. The number of hydrogen-bond donors (Lipinski definition) is 0. The molecular formula is C15H19NO2. The molecule has 0 aromatic heterocycles. The fourth-order valence-corrected chi connectivity index (χ4v) is 2.29. The highest BCUT2D eigenvalue weighted by Gasteiger charge is 2.28. The van der Waals surface area contributed by atoms with Crippen molar-refractivity contribution in [3.8, 4) is 0 Å². The minimum Gasteiger partial charge on any atom is -0.465 e. The van der Waals surface area contributed by atoms with Gasteiger partial charge in [0.15, 0.2) is 0 Å². The number of rotatable bonds is 4. The number of aliphatic imine (C=N–C) groups is 1. The van der Waals surface area contributed by atoms with E-state index >= 15 is 0 Å². The molecule has 3 nitrogen and oxygen atoms in total. The summed E-state index contributed by atoms with van der Waals surface area (Å²) in [7, 11) is 0. The fraction of sp³-hybridized carbons (Fsp3) is 0.467. The zero-order valence-electron chi connectivity index (χ0n) is 10.8. The minimum absolute atomic E-state index is 0.177. The first kappa shape index (κ1) is 12.8. The van der Waals surface area contributed by atoms with Crippen LogP contribution in [0.2, 0.25) is 0 Å². The van der Waals surface area contributed by atoms with E-state index in [0.29, 0.717) is 6.61 Å². The van der Waals surface area contributed by atoms with Crippen LogP contribution in [-0.4, -0.2) is 24.8 Å². The van der Waals surface area contributed by atoms with E-state index in [-0.39, 0.29) is 11.9 Å². The van der Waals surface area contributed by atoms with Gasteiger partial charge in [-0.25, -0.2) is 0 Å². The molecule has 1 aromatic carbocycles. The molecule has 0 bridgehead atoms. The highest BCUT2D eigenvalue weighted by molar-refractivity contribution is 6.07. The summed E-state index contributed by atoms with van der Waals surface area (Å²) in [5, 5.41) is 0. The summed E-state index contributed by atoms with van der Waals surface area (Å²) in [5.74, 6) is -0.490. The third kappa shape index (κ3) is 2.97. The first-order valence-corrected chi connectivity index (χ1v) is 6.57. The second-order valence-corrected chi connectivity index (χ2v) is 4.43. The Balaban J connectivity index is 2.28. The van der Waals surface area contributed by atoms with Crippen molar-refractivity contribution >= 4 is 11.7 Å². The number of carbonyl (C=O) groups excluding carboxylic acids is 1. The van der Waals surface area contributed by atoms with E-state index in [4.69, 9.17) is 4.74 Å². The van der Waals surface area contributed by atoms with E-state index in [0.717, 1.165) is 37.1 Å². The lowest BCUT2D eigenvalue weighted by molar-refractivity contribution is -0.143. The quantitative estimate of drug-likeness (QED) is 0.765. The van der Waals surface area contributed by atoms with Gasteiger partial charge in [0.25, 0.3) is 0 Å². The van der Waals surface area contributed by atoms with Crippen molar-refractivity contribution in [2.75, 3.05) is 13.2 Å². The average molecular weight is 245 g/mol. The Hall–Kier alpha value is -1.64. The minimum atomic E-state index is -0.313. The molecule has 0 N–H and O–H groups in total. The van der Waals surface area contributed by atoms with Crippen LogP contribution in [0.4, 0.5) is 0 Å². The molecule has 1 heterocycles. The molecule has 0 saturated heterocycles. The molecular weight excluding hydrogens is 226 g/mol. The molecule has 1 aliphatic heterocycles. The van der Waals surface area contributed by atoms with Crippen LogP contribution in [0.1, 0.15) is 37.7 Å². The molecule has 18 heavy (non-hydrogen) atoms. The summed E-state index contributed by atoms with van der Waals surface area (Å²) in [5.41, 5.74) is 1.96. The molecule has 96 valence electrons. The number of hydrogen-bond acceptors (Lipinski definition) is 3.